The van der Waals surface area contributed by atoms with E-state index in [0.717, 1.165) is 0 Å². The highest BCUT2D eigenvalue weighted by Crippen LogP contribution is 2.28. The van der Waals surface area contributed by atoms with Gasteiger partial charge < -0.3 is 19.9 Å². The molecule has 7 nitrogen and oxygen atoms in total. The number of alkyl halides is 2. The number of para-hydroxylation sites is 1. The first-order valence-electron chi connectivity index (χ1n) is 10.3. The molecule has 1 atom stereocenters. The van der Waals surface area contributed by atoms with Crippen LogP contribution in [0, 0.1) is 5.92 Å². The summed E-state index contributed by atoms with van der Waals surface area (Å²) in [6, 6.07) is 10.4. The summed E-state index contributed by atoms with van der Waals surface area (Å²) in [5.74, 6) is -1.81. The van der Waals surface area contributed by atoms with E-state index in [0.29, 0.717) is 30.6 Å². The Kier molecular flexibility index (Phi) is 7.86. The fraction of sp³-hybridized carbons (Fsp3) is 0.348. The van der Waals surface area contributed by atoms with Gasteiger partial charge in [-0.2, -0.15) is 8.78 Å². The number of carbonyl (C=O) groups excluding carboxylic acids is 3. The zero-order chi connectivity index (χ0) is 24.1. The Morgan fingerprint density at radius 3 is 2.61 bits per heavy atom. The summed E-state index contributed by atoms with van der Waals surface area (Å²) < 4.78 is 29.9. The van der Waals surface area contributed by atoms with Gasteiger partial charge in [0.25, 0.3) is 11.8 Å². The van der Waals surface area contributed by atoms with Crippen LogP contribution in [-0.2, 0) is 4.79 Å². The summed E-state index contributed by atoms with van der Waals surface area (Å²) in [7, 11) is 3.24. The number of halogens is 3. The predicted molar refractivity (Wildman–Crippen MR) is 120 cm³/mol. The molecule has 0 saturated carbocycles. The van der Waals surface area contributed by atoms with E-state index in [9.17, 15) is 23.2 Å². The van der Waals surface area contributed by atoms with Gasteiger partial charge in [-0.1, -0.05) is 23.7 Å². The number of nitrogens with one attached hydrogen (secondary N) is 1. The number of nitrogens with zero attached hydrogens (tertiary/aromatic N) is 2. The molecule has 1 aliphatic heterocycles. The van der Waals surface area contributed by atoms with Crippen LogP contribution in [0.3, 0.4) is 0 Å². The lowest BCUT2D eigenvalue weighted by Crippen LogP contribution is -2.44. The molecule has 3 rings (SSSR count). The van der Waals surface area contributed by atoms with Crippen molar-refractivity contribution >= 4 is 35.0 Å². The fourth-order valence-corrected chi connectivity index (χ4v) is 3.80. The molecule has 0 aromatic heterocycles. The Hall–Kier alpha value is -3.20. The minimum Gasteiger partial charge on any atom is -0.434 e. The third kappa shape index (κ3) is 5.98. The first-order chi connectivity index (χ1) is 15.7. The second kappa shape index (κ2) is 10.6. The molecule has 2 aromatic carbocycles. The van der Waals surface area contributed by atoms with Crippen molar-refractivity contribution in [2.75, 3.05) is 32.5 Å². The molecule has 0 spiro atoms. The van der Waals surface area contributed by atoms with Crippen molar-refractivity contribution in [3.63, 3.8) is 0 Å². The van der Waals surface area contributed by atoms with Crippen LogP contribution in [0.1, 0.15) is 33.6 Å². The van der Waals surface area contributed by atoms with Gasteiger partial charge in [-0.3, -0.25) is 14.4 Å². The van der Waals surface area contributed by atoms with Gasteiger partial charge in [0.05, 0.1) is 22.2 Å². The lowest BCUT2D eigenvalue weighted by Gasteiger charge is -2.32. The summed E-state index contributed by atoms with van der Waals surface area (Å²) in [5, 5.41) is 3.03. The van der Waals surface area contributed by atoms with Gasteiger partial charge >= 0.3 is 6.61 Å². The molecule has 1 heterocycles. The molecular weight excluding hydrogens is 456 g/mol. The van der Waals surface area contributed by atoms with Crippen molar-refractivity contribution in [1.82, 2.24) is 9.80 Å². The minimum atomic E-state index is -3.06. The van der Waals surface area contributed by atoms with Crippen LogP contribution in [0.15, 0.2) is 42.5 Å². The zero-order valence-corrected chi connectivity index (χ0v) is 18.9. The van der Waals surface area contributed by atoms with Crippen LogP contribution in [0.5, 0.6) is 5.75 Å². The molecule has 1 fully saturated rings. The Morgan fingerprint density at radius 2 is 1.91 bits per heavy atom. The molecule has 0 radical (unpaired) electrons. The van der Waals surface area contributed by atoms with Gasteiger partial charge in [-0.25, -0.2) is 0 Å². The van der Waals surface area contributed by atoms with Gasteiger partial charge in [-0.15, -0.1) is 0 Å². The number of ether oxygens (including phenoxy) is 1. The third-order valence-corrected chi connectivity index (χ3v) is 5.62. The highest BCUT2D eigenvalue weighted by Gasteiger charge is 2.30. The Balaban J connectivity index is 1.72. The first-order valence-corrected chi connectivity index (χ1v) is 10.7. The quantitative estimate of drug-likeness (QED) is 0.675. The second-order valence-corrected chi connectivity index (χ2v) is 8.26. The number of benzene rings is 2. The summed E-state index contributed by atoms with van der Waals surface area (Å²) in [4.78, 5) is 41.0. The normalized spacial score (nSPS) is 15.8. The molecule has 33 heavy (non-hydrogen) atoms. The van der Waals surface area contributed by atoms with Gasteiger partial charge in [0.1, 0.15) is 5.75 Å². The Morgan fingerprint density at radius 1 is 1.18 bits per heavy atom. The molecule has 3 amide bonds. The SMILES string of the molecule is CN(C)C(=O)c1ccc(Cl)c(NC(=O)C2CCCN(C(=O)c3ccccc3OC(F)F)C2)c1. The summed E-state index contributed by atoms with van der Waals surface area (Å²) >= 11 is 6.20. The number of rotatable bonds is 6. The van der Waals surface area contributed by atoms with E-state index in [1.54, 1.807) is 26.2 Å². The largest absolute Gasteiger partial charge is 0.434 e. The van der Waals surface area contributed by atoms with Crippen LogP contribution in [0.25, 0.3) is 0 Å². The van der Waals surface area contributed by atoms with Gasteiger partial charge in [-0.05, 0) is 43.2 Å². The average Bonchev–Trinajstić information content (AvgIpc) is 2.79. The van der Waals surface area contributed by atoms with Crippen molar-refractivity contribution in [3.05, 3.63) is 58.6 Å². The number of piperidine rings is 1. The lowest BCUT2D eigenvalue weighted by molar-refractivity contribution is -0.121. The molecule has 176 valence electrons. The summed E-state index contributed by atoms with van der Waals surface area (Å²) in [5.41, 5.74) is 0.682. The molecule has 1 N–H and O–H groups in total. The molecule has 1 saturated heterocycles. The van der Waals surface area contributed by atoms with E-state index < -0.39 is 18.4 Å². The number of anilines is 1. The Bertz CT molecular complexity index is 1050. The summed E-state index contributed by atoms with van der Waals surface area (Å²) in [6.45, 7) is -2.56. The molecule has 1 aliphatic rings. The molecule has 10 heteroatoms. The average molecular weight is 480 g/mol. The maximum atomic E-state index is 13.0. The predicted octanol–water partition coefficient (Wildman–Crippen LogP) is 4.13. The molecular formula is C23H24ClF2N3O4. The topological polar surface area (TPSA) is 79.0 Å². The van der Waals surface area contributed by atoms with E-state index in [1.807, 2.05) is 0 Å². The number of carbonyl (C=O) groups is 3. The van der Waals surface area contributed by atoms with Crippen molar-refractivity contribution in [2.24, 2.45) is 5.92 Å². The van der Waals surface area contributed by atoms with Crippen LogP contribution >= 0.6 is 11.6 Å². The second-order valence-electron chi connectivity index (χ2n) is 7.85. The fourth-order valence-electron chi connectivity index (χ4n) is 3.64. The maximum Gasteiger partial charge on any atom is 0.387 e. The van der Waals surface area contributed by atoms with Crippen LogP contribution < -0.4 is 10.1 Å². The standard InChI is InChI=1S/C23H24ClF2N3O4/c1-28(2)21(31)14-9-10-17(24)18(12-14)27-20(30)15-6-5-11-29(13-15)22(32)16-7-3-4-8-19(16)33-23(25)26/h3-4,7-10,12,15,23H,5-6,11,13H2,1-2H3,(H,27,30). The molecule has 1 unspecified atom stereocenters. The van der Waals surface area contributed by atoms with E-state index in [2.05, 4.69) is 10.1 Å². The van der Waals surface area contributed by atoms with E-state index in [1.165, 1.54) is 40.1 Å². The number of hydrogen-bond acceptors (Lipinski definition) is 4. The van der Waals surface area contributed by atoms with E-state index >= 15 is 0 Å². The maximum absolute atomic E-state index is 13.0. The van der Waals surface area contributed by atoms with Crippen molar-refractivity contribution in [2.45, 2.75) is 19.5 Å². The van der Waals surface area contributed by atoms with Crippen molar-refractivity contribution in [1.29, 1.82) is 0 Å². The van der Waals surface area contributed by atoms with Gasteiger partial charge in [0.2, 0.25) is 5.91 Å². The lowest BCUT2D eigenvalue weighted by atomic mass is 9.96. The van der Waals surface area contributed by atoms with Crippen LogP contribution in [0.2, 0.25) is 5.02 Å². The van der Waals surface area contributed by atoms with E-state index in [-0.39, 0.29) is 34.7 Å². The van der Waals surface area contributed by atoms with Crippen molar-refractivity contribution < 1.29 is 27.9 Å². The third-order valence-electron chi connectivity index (χ3n) is 5.29. The monoisotopic (exact) mass is 479 g/mol. The minimum absolute atomic E-state index is 0.0109. The summed E-state index contributed by atoms with van der Waals surface area (Å²) in [6.07, 6.45) is 1.10. The number of amides is 3. The van der Waals surface area contributed by atoms with Gasteiger partial charge in [0, 0.05) is 32.7 Å². The zero-order valence-electron chi connectivity index (χ0n) is 18.2. The van der Waals surface area contributed by atoms with E-state index in [4.69, 9.17) is 11.6 Å². The molecule has 0 aliphatic carbocycles. The molecule has 2 aromatic rings. The van der Waals surface area contributed by atoms with Gasteiger partial charge in [0.15, 0.2) is 0 Å². The van der Waals surface area contributed by atoms with Crippen LogP contribution in [0.4, 0.5) is 14.5 Å². The Labute approximate surface area is 195 Å². The molecule has 0 bridgehead atoms. The van der Waals surface area contributed by atoms with Crippen molar-refractivity contribution in [3.8, 4) is 5.75 Å². The highest BCUT2D eigenvalue weighted by molar-refractivity contribution is 6.34. The van der Waals surface area contributed by atoms with Crippen LogP contribution in [-0.4, -0.2) is 61.3 Å². The number of likely N-dealkylation sites (tertiary alicyclic amines) is 1. The highest BCUT2D eigenvalue weighted by atomic mass is 35.5. The smallest absolute Gasteiger partial charge is 0.387 e. The number of hydrogen-bond donors (Lipinski definition) is 1. The first kappa shape index (κ1) is 24.4.